The van der Waals surface area contributed by atoms with Crippen LogP contribution in [0.4, 0.5) is 17.1 Å². The number of non-ortho nitro benzene ring substituents is 1. The number of rotatable bonds is 10. The molecule has 0 saturated heterocycles. The van der Waals surface area contributed by atoms with Crippen molar-refractivity contribution in [2.24, 2.45) is 5.10 Å². The van der Waals surface area contributed by atoms with Crippen LogP contribution in [0.25, 0.3) is 0 Å². The number of methoxy groups -OCH3 is 3. The van der Waals surface area contributed by atoms with Crippen LogP contribution in [0.3, 0.4) is 0 Å². The van der Waals surface area contributed by atoms with Crippen molar-refractivity contribution >= 4 is 33.3 Å². The Morgan fingerprint density at radius 2 is 1.61 bits per heavy atom. The molecule has 0 bridgehead atoms. The van der Waals surface area contributed by atoms with Gasteiger partial charge in [0.25, 0.3) is 15.7 Å². The first kappa shape index (κ1) is 26.3. The molecule has 3 aromatic rings. The second-order valence-corrected chi connectivity index (χ2v) is 9.31. The third kappa shape index (κ3) is 5.66. The van der Waals surface area contributed by atoms with Crippen LogP contribution in [-0.4, -0.2) is 40.9 Å². The van der Waals surface area contributed by atoms with E-state index in [1.807, 2.05) is 13.0 Å². The summed E-state index contributed by atoms with van der Waals surface area (Å²) in [5, 5.41) is 15.5. The molecule has 3 aromatic carbocycles. The van der Waals surface area contributed by atoms with Crippen molar-refractivity contribution in [3.63, 3.8) is 0 Å². The second kappa shape index (κ2) is 11.0. The van der Waals surface area contributed by atoms with Gasteiger partial charge >= 0.3 is 0 Å². The number of sulfonamides is 1. The Balaban J connectivity index is 1.99. The third-order valence-corrected chi connectivity index (χ3v) is 6.62. The summed E-state index contributed by atoms with van der Waals surface area (Å²) < 4.78 is 45.0. The zero-order valence-electron chi connectivity index (χ0n) is 20.4. The topological polar surface area (TPSA) is 141 Å². The second-order valence-electron chi connectivity index (χ2n) is 7.65. The molecule has 0 saturated carbocycles. The van der Waals surface area contributed by atoms with Crippen LogP contribution < -0.4 is 24.4 Å². The van der Waals surface area contributed by atoms with E-state index in [0.717, 1.165) is 11.6 Å². The van der Waals surface area contributed by atoms with E-state index >= 15 is 0 Å². The van der Waals surface area contributed by atoms with Gasteiger partial charge in [0.15, 0.2) is 11.5 Å². The van der Waals surface area contributed by atoms with Crippen LogP contribution >= 0.6 is 0 Å². The Bertz CT molecular complexity index is 1420. The molecule has 0 aliphatic carbocycles. The fourth-order valence-electron chi connectivity index (χ4n) is 3.46. The maximum Gasteiger partial charge on any atom is 0.270 e. The molecular weight excluding hydrogens is 488 g/mol. The summed E-state index contributed by atoms with van der Waals surface area (Å²) in [5.41, 5.74) is 4.86. The summed E-state index contributed by atoms with van der Waals surface area (Å²) in [6, 6.07) is 12.0. The van der Waals surface area contributed by atoms with Crippen LogP contribution in [0.1, 0.15) is 16.7 Å². The Kier molecular flexibility index (Phi) is 8.00. The predicted molar refractivity (Wildman–Crippen MR) is 137 cm³/mol. The normalized spacial score (nSPS) is 11.2. The van der Waals surface area contributed by atoms with Gasteiger partial charge in [-0.25, -0.2) is 8.42 Å². The number of ether oxygens (including phenoxy) is 3. The first-order valence-electron chi connectivity index (χ1n) is 10.6. The number of nitrogens with zero attached hydrogens (tertiary/aromatic N) is 2. The number of hydrazone groups is 1. The van der Waals surface area contributed by atoms with Gasteiger partial charge in [-0.05, 0) is 43.7 Å². The van der Waals surface area contributed by atoms with Crippen LogP contribution in [0.5, 0.6) is 17.2 Å². The van der Waals surface area contributed by atoms with Crippen molar-refractivity contribution in [1.29, 1.82) is 0 Å². The fraction of sp³-hybridized carbons (Fsp3) is 0.208. The highest BCUT2D eigenvalue weighted by molar-refractivity contribution is 7.92. The Morgan fingerprint density at radius 3 is 2.22 bits per heavy atom. The van der Waals surface area contributed by atoms with E-state index in [2.05, 4.69) is 15.2 Å². The summed E-state index contributed by atoms with van der Waals surface area (Å²) in [5.74, 6) is 1.18. The van der Waals surface area contributed by atoms with Crippen LogP contribution in [-0.2, 0) is 10.0 Å². The van der Waals surface area contributed by atoms with Crippen molar-refractivity contribution in [2.75, 3.05) is 31.5 Å². The molecule has 0 aliphatic heterocycles. The molecule has 0 atom stereocenters. The van der Waals surface area contributed by atoms with Crippen molar-refractivity contribution in [3.05, 3.63) is 75.3 Å². The highest BCUT2D eigenvalue weighted by Crippen LogP contribution is 2.39. The largest absolute Gasteiger partial charge is 0.493 e. The van der Waals surface area contributed by atoms with Gasteiger partial charge in [-0.15, -0.1) is 0 Å². The van der Waals surface area contributed by atoms with E-state index in [9.17, 15) is 18.5 Å². The van der Waals surface area contributed by atoms with E-state index in [1.165, 1.54) is 39.7 Å². The Morgan fingerprint density at radius 1 is 0.917 bits per heavy atom. The number of nitrogens with one attached hydrogen (secondary N) is 2. The lowest BCUT2D eigenvalue weighted by molar-refractivity contribution is -0.385. The zero-order chi connectivity index (χ0) is 26.5. The molecule has 0 radical (unpaired) electrons. The van der Waals surface area contributed by atoms with Crippen molar-refractivity contribution in [1.82, 2.24) is 0 Å². The minimum atomic E-state index is -4.21. The number of hydrogen-bond acceptors (Lipinski definition) is 9. The average molecular weight is 515 g/mol. The Hall–Kier alpha value is -4.32. The highest BCUT2D eigenvalue weighted by Gasteiger charge is 2.23. The van der Waals surface area contributed by atoms with E-state index in [0.29, 0.717) is 34.1 Å². The van der Waals surface area contributed by atoms with Gasteiger partial charge in [0.1, 0.15) is 4.90 Å². The smallest absolute Gasteiger partial charge is 0.270 e. The van der Waals surface area contributed by atoms with Crippen molar-refractivity contribution in [2.45, 2.75) is 18.7 Å². The van der Waals surface area contributed by atoms with E-state index in [4.69, 9.17) is 14.2 Å². The molecule has 0 aromatic heterocycles. The van der Waals surface area contributed by atoms with Gasteiger partial charge < -0.3 is 14.2 Å². The maximum atomic E-state index is 13.2. The number of anilines is 2. The fourth-order valence-corrected chi connectivity index (χ4v) is 4.77. The summed E-state index contributed by atoms with van der Waals surface area (Å²) in [4.78, 5) is 10.3. The lowest BCUT2D eigenvalue weighted by Gasteiger charge is -2.14. The van der Waals surface area contributed by atoms with E-state index in [-0.39, 0.29) is 16.3 Å². The minimum absolute atomic E-state index is 0.0357. The van der Waals surface area contributed by atoms with Crippen molar-refractivity contribution in [3.8, 4) is 17.2 Å². The maximum absolute atomic E-state index is 13.2. The van der Waals surface area contributed by atoms with Gasteiger partial charge in [0.05, 0.1) is 43.8 Å². The molecule has 0 aliphatic rings. The van der Waals surface area contributed by atoms with Crippen molar-refractivity contribution < 1.29 is 27.6 Å². The average Bonchev–Trinajstić information content (AvgIpc) is 2.85. The first-order chi connectivity index (χ1) is 17.1. The third-order valence-electron chi connectivity index (χ3n) is 5.22. The van der Waals surface area contributed by atoms with Gasteiger partial charge in [0, 0.05) is 17.7 Å². The first-order valence-corrected chi connectivity index (χ1v) is 12.1. The summed E-state index contributed by atoms with van der Waals surface area (Å²) in [6.45, 7) is 3.65. The molecule has 11 nitrogen and oxygen atoms in total. The lowest BCUT2D eigenvalue weighted by atomic mass is 10.1. The highest BCUT2D eigenvalue weighted by atomic mass is 32.2. The molecule has 0 fully saturated rings. The molecule has 0 amide bonds. The van der Waals surface area contributed by atoms with Gasteiger partial charge in [-0.2, -0.15) is 5.10 Å². The molecule has 0 unspecified atom stereocenters. The van der Waals surface area contributed by atoms with E-state index in [1.54, 1.807) is 31.2 Å². The molecule has 0 heterocycles. The molecular formula is C24H26N4O7S. The number of aryl methyl sites for hydroxylation is 2. The molecule has 2 N–H and O–H groups in total. The van der Waals surface area contributed by atoms with Gasteiger partial charge in [-0.3, -0.25) is 20.3 Å². The van der Waals surface area contributed by atoms with Crippen LogP contribution in [0, 0.1) is 24.0 Å². The van der Waals surface area contributed by atoms with Crippen LogP contribution in [0.15, 0.2) is 58.5 Å². The molecule has 190 valence electrons. The van der Waals surface area contributed by atoms with Gasteiger partial charge in [0.2, 0.25) is 5.75 Å². The lowest BCUT2D eigenvalue weighted by Crippen LogP contribution is -2.16. The molecule has 0 spiro atoms. The monoisotopic (exact) mass is 514 g/mol. The number of nitro groups is 1. The summed E-state index contributed by atoms with van der Waals surface area (Å²) >= 11 is 0. The Labute approximate surface area is 208 Å². The SMILES string of the molecule is COc1ccc(/C=N/Nc2ccc([N+](=O)[O-])cc2S(=O)(=O)Nc2ccc(C)cc2C)c(OC)c1OC. The molecule has 3 rings (SSSR count). The number of benzene rings is 3. The standard InChI is InChI=1S/C24H26N4O7S/c1-15-6-9-19(16(2)12-15)27-36(31,32)22-13-18(28(29)30)8-10-20(22)26-25-14-17-7-11-21(33-3)24(35-5)23(17)34-4/h6-14,26-27H,1-5H3/b25-14+. The van der Waals surface area contributed by atoms with Crippen LogP contribution in [0.2, 0.25) is 0 Å². The summed E-state index contributed by atoms with van der Waals surface area (Å²) in [7, 11) is 0.209. The summed E-state index contributed by atoms with van der Waals surface area (Å²) in [6.07, 6.45) is 1.40. The number of nitro benzene ring substituents is 1. The number of hydrogen-bond donors (Lipinski definition) is 2. The predicted octanol–water partition coefficient (Wildman–Crippen LogP) is 4.48. The molecule has 12 heteroatoms. The minimum Gasteiger partial charge on any atom is -0.493 e. The quantitative estimate of drug-likeness (QED) is 0.229. The molecule has 36 heavy (non-hydrogen) atoms. The van der Waals surface area contributed by atoms with Gasteiger partial charge in [-0.1, -0.05) is 17.7 Å². The zero-order valence-corrected chi connectivity index (χ0v) is 21.2. The van der Waals surface area contributed by atoms with E-state index < -0.39 is 14.9 Å².